The van der Waals surface area contributed by atoms with Crippen LogP contribution in [0, 0.1) is 6.92 Å². The molecule has 0 atom stereocenters. The van der Waals surface area contributed by atoms with E-state index < -0.39 is 0 Å². The molecule has 20 heavy (non-hydrogen) atoms. The van der Waals surface area contributed by atoms with Crippen LogP contribution in [0.25, 0.3) is 5.52 Å². The van der Waals surface area contributed by atoms with Gasteiger partial charge in [-0.2, -0.15) is 5.10 Å². The number of amides is 1. The van der Waals surface area contributed by atoms with Gasteiger partial charge in [-0.1, -0.05) is 23.7 Å². The molecule has 1 aromatic carbocycles. The van der Waals surface area contributed by atoms with Crippen molar-refractivity contribution in [1.82, 2.24) is 9.61 Å². The van der Waals surface area contributed by atoms with Crippen LogP contribution < -0.4 is 5.32 Å². The highest BCUT2D eigenvalue weighted by Crippen LogP contribution is 2.23. The van der Waals surface area contributed by atoms with E-state index in [4.69, 9.17) is 11.6 Å². The Balaban J connectivity index is 1.89. The molecule has 0 saturated carbocycles. The van der Waals surface area contributed by atoms with E-state index in [1.807, 2.05) is 31.2 Å². The molecule has 5 heteroatoms. The number of pyridine rings is 1. The first kappa shape index (κ1) is 12.7. The first-order valence-electron chi connectivity index (χ1n) is 6.15. The van der Waals surface area contributed by atoms with Gasteiger partial charge in [0.25, 0.3) is 5.91 Å². The third-order valence-corrected chi connectivity index (χ3v) is 3.29. The molecule has 1 amide bonds. The first-order chi connectivity index (χ1) is 9.63. The topological polar surface area (TPSA) is 46.4 Å². The molecule has 0 bridgehead atoms. The van der Waals surface area contributed by atoms with Crippen LogP contribution in [0.15, 0.2) is 48.7 Å². The van der Waals surface area contributed by atoms with E-state index in [0.29, 0.717) is 16.4 Å². The summed E-state index contributed by atoms with van der Waals surface area (Å²) in [5.74, 6) is -0.278. The number of halogens is 1. The lowest BCUT2D eigenvalue weighted by Crippen LogP contribution is -2.13. The number of nitrogens with one attached hydrogen (secondary N) is 1. The lowest BCUT2D eigenvalue weighted by atomic mass is 10.2. The molecule has 0 aliphatic heterocycles. The molecule has 3 aromatic rings. The highest BCUT2D eigenvalue weighted by Gasteiger charge is 2.12. The molecule has 0 spiro atoms. The van der Waals surface area contributed by atoms with Gasteiger partial charge < -0.3 is 5.32 Å². The van der Waals surface area contributed by atoms with E-state index >= 15 is 0 Å². The Morgan fingerprint density at radius 1 is 1.25 bits per heavy atom. The number of hydrogen-bond donors (Lipinski definition) is 1. The second-order valence-electron chi connectivity index (χ2n) is 4.54. The van der Waals surface area contributed by atoms with Crippen LogP contribution in [0.3, 0.4) is 0 Å². The predicted molar refractivity (Wildman–Crippen MR) is 79.3 cm³/mol. The SMILES string of the molecule is Cc1ccc(NC(=O)c2cc3ccccn3n2)c(Cl)c1. The lowest BCUT2D eigenvalue weighted by molar-refractivity contribution is 0.102. The van der Waals surface area contributed by atoms with Crippen LogP contribution in [0.4, 0.5) is 5.69 Å². The van der Waals surface area contributed by atoms with E-state index in [1.54, 1.807) is 28.9 Å². The van der Waals surface area contributed by atoms with Gasteiger partial charge in [-0.3, -0.25) is 4.79 Å². The lowest BCUT2D eigenvalue weighted by Gasteiger charge is -2.06. The second kappa shape index (κ2) is 4.98. The fraction of sp³-hybridized carbons (Fsp3) is 0.0667. The fourth-order valence-electron chi connectivity index (χ4n) is 1.96. The Bertz CT molecular complexity index is 762. The molecule has 0 aliphatic carbocycles. The minimum Gasteiger partial charge on any atom is -0.319 e. The zero-order valence-electron chi connectivity index (χ0n) is 10.8. The summed E-state index contributed by atoms with van der Waals surface area (Å²) in [7, 11) is 0. The summed E-state index contributed by atoms with van der Waals surface area (Å²) < 4.78 is 1.66. The summed E-state index contributed by atoms with van der Waals surface area (Å²) in [5, 5.41) is 7.50. The molecule has 1 N–H and O–H groups in total. The summed E-state index contributed by atoms with van der Waals surface area (Å²) in [5.41, 5.74) is 2.85. The number of anilines is 1. The third kappa shape index (κ3) is 2.38. The average Bonchev–Trinajstić information content (AvgIpc) is 2.86. The molecule has 0 fully saturated rings. The van der Waals surface area contributed by atoms with Gasteiger partial charge in [0.1, 0.15) is 0 Å². The Hall–Kier alpha value is -2.33. The monoisotopic (exact) mass is 285 g/mol. The summed E-state index contributed by atoms with van der Waals surface area (Å²) in [6.07, 6.45) is 1.80. The van der Waals surface area contributed by atoms with Crippen molar-refractivity contribution in [1.29, 1.82) is 0 Å². The molecule has 0 aliphatic rings. The zero-order chi connectivity index (χ0) is 14.1. The van der Waals surface area contributed by atoms with E-state index in [2.05, 4.69) is 10.4 Å². The summed E-state index contributed by atoms with van der Waals surface area (Å²) in [6, 6.07) is 12.9. The number of carbonyl (C=O) groups is 1. The molecule has 2 heterocycles. The number of aryl methyl sites for hydroxylation is 1. The highest BCUT2D eigenvalue weighted by molar-refractivity contribution is 6.34. The molecule has 100 valence electrons. The minimum atomic E-state index is -0.278. The maximum absolute atomic E-state index is 12.2. The summed E-state index contributed by atoms with van der Waals surface area (Å²) in [4.78, 5) is 12.2. The zero-order valence-corrected chi connectivity index (χ0v) is 11.6. The number of rotatable bonds is 2. The number of hydrogen-bond acceptors (Lipinski definition) is 2. The van der Waals surface area contributed by atoms with E-state index in [1.165, 1.54) is 0 Å². The van der Waals surface area contributed by atoms with Crippen LogP contribution >= 0.6 is 11.6 Å². The van der Waals surface area contributed by atoms with Crippen molar-refractivity contribution in [3.63, 3.8) is 0 Å². The van der Waals surface area contributed by atoms with Crippen LogP contribution in [0.2, 0.25) is 5.02 Å². The molecule has 0 radical (unpaired) electrons. The predicted octanol–water partition coefficient (Wildman–Crippen LogP) is 3.55. The highest BCUT2D eigenvalue weighted by atomic mass is 35.5. The molecular weight excluding hydrogens is 274 g/mol. The van der Waals surface area contributed by atoms with E-state index in [-0.39, 0.29) is 5.91 Å². The van der Waals surface area contributed by atoms with Gasteiger partial charge in [0.05, 0.1) is 16.2 Å². The van der Waals surface area contributed by atoms with Gasteiger partial charge in [-0.25, -0.2) is 4.52 Å². The largest absolute Gasteiger partial charge is 0.319 e. The van der Waals surface area contributed by atoms with Crippen LogP contribution in [0.1, 0.15) is 16.1 Å². The third-order valence-electron chi connectivity index (χ3n) is 2.98. The maximum Gasteiger partial charge on any atom is 0.276 e. The minimum absolute atomic E-state index is 0.278. The Labute approximate surface area is 121 Å². The summed E-state index contributed by atoms with van der Waals surface area (Å²) in [6.45, 7) is 1.94. The van der Waals surface area contributed by atoms with Crippen molar-refractivity contribution in [3.8, 4) is 0 Å². The second-order valence-corrected chi connectivity index (χ2v) is 4.94. The van der Waals surface area contributed by atoms with Gasteiger partial charge in [0, 0.05) is 6.20 Å². The molecule has 0 unspecified atom stereocenters. The van der Waals surface area contributed by atoms with Gasteiger partial charge in [0.2, 0.25) is 0 Å². The number of fused-ring (bicyclic) bond motifs is 1. The summed E-state index contributed by atoms with van der Waals surface area (Å²) >= 11 is 6.10. The van der Waals surface area contributed by atoms with Crippen LogP contribution in [-0.4, -0.2) is 15.5 Å². The Morgan fingerprint density at radius 2 is 2.10 bits per heavy atom. The van der Waals surface area contributed by atoms with Gasteiger partial charge in [-0.15, -0.1) is 0 Å². The van der Waals surface area contributed by atoms with E-state index in [0.717, 1.165) is 11.1 Å². The molecule has 3 rings (SSSR count). The molecule has 4 nitrogen and oxygen atoms in total. The molecule has 0 saturated heterocycles. The Kier molecular flexibility index (Phi) is 3.16. The van der Waals surface area contributed by atoms with Crippen molar-refractivity contribution in [2.45, 2.75) is 6.92 Å². The number of nitrogens with zero attached hydrogens (tertiary/aromatic N) is 2. The van der Waals surface area contributed by atoms with Crippen molar-refractivity contribution in [2.75, 3.05) is 5.32 Å². The van der Waals surface area contributed by atoms with Crippen molar-refractivity contribution in [3.05, 3.63) is 64.9 Å². The van der Waals surface area contributed by atoms with Crippen molar-refractivity contribution >= 4 is 28.7 Å². The van der Waals surface area contributed by atoms with Crippen molar-refractivity contribution < 1.29 is 4.79 Å². The molecular formula is C15H12ClN3O. The number of aromatic nitrogens is 2. The maximum atomic E-state index is 12.2. The normalized spacial score (nSPS) is 10.7. The average molecular weight is 286 g/mol. The standard InChI is InChI=1S/C15H12ClN3O/c1-10-5-6-13(12(16)8-10)17-15(20)14-9-11-4-2-3-7-19(11)18-14/h2-9H,1H3,(H,17,20). The first-order valence-corrected chi connectivity index (χ1v) is 6.53. The molecule has 2 aromatic heterocycles. The smallest absolute Gasteiger partial charge is 0.276 e. The quantitative estimate of drug-likeness (QED) is 0.783. The van der Waals surface area contributed by atoms with Gasteiger partial charge in [-0.05, 0) is 42.8 Å². The number of carbonyl (C=O) groups excluding carboxylic acids is 1. The fourth-order valence-corrected chi connectivity index (χ4v) is 2.24. The van der Waals surface area contributed by atoms with Crippen molar-refractivity contribution in [2.24, 2.45) is 0 Å². The Morgan fingerprint density at radius 3 is 2.85 bits per heavy atom. The number of benzene rings is 1. The van der Waals surface area contributed by atoms with Crippen LogP contribution in [-0.2, 0) is 0 Å². The van der Waals surface area contributed by atoms with Gasteiger partial charge >= 0.3 is 0 Å². The van der Waals surface area contributed by atoms with Gasteiger partial charge in [0.15, 0.2) is 5.69 Å². The van der Waals surface area contributed by atoms with E-state index in [9.17, 15) is 4.79 Å². The van der Waals surface area contributed by atoms with Crippen LogP contribution in [0.5, 0.6) is 0 Å².